The van der Waals surface area contributed by atoms with Crippen LogP contribution in [0.5, 0.6) is 0 Å². The molecule has 0 rings (SSSR count). The van der Waals surface area contributed by atoms with E-state index in [2.05, 4.69) is 12.2 Å². The van der Waals surface area contributed by atoms with Crippen LogP contribution in [0.3, 0.4) is 0 Å². The molecule has 0 aromatic rings. The molecule has 0 bridgehead atoms. The first-order chi connectivity index (χ1) is 10.9. The topological polar surface area (TPSA) is 38.0 Å². The van der Waals surface area contributed by atoms with Crippen LogP contribution in [0, 0.1) is 0 Å². The average molecular weight is 313 g/mol. The molecular weight excluding hydrogens is 268 g/mol. The van der Waals surface area contributed by atoms with Gasteiger partial charge in [0, 0.05) is 13.1 Å². The summed E-state index contributed by atoms with van der Waals surface area (Å²) < 4.78 is 0. The first kappa shape index (κ1) is 21.9. The highest BCUT2D eigenvalue weighted by Crippen LogP contribution is 2.13. The van der Waals surface area contributed by atoms with Gasteiger partial charge in [0.1, 0.15) is 0 Å². The van der Waals surface area contributed by atoms with Crippen LogP contribution in [0.2, 0.25) is 0 Å². The summed E-state index contributed by atoms with van der Waals surface area (Å²) in [6.45, 7) is 5.17. The molecule has 0 aliphatic carbocycles. The Balaban J connectivity index is 2.91. The minimum Gasteiger partial charge on any atom is -0.329 e. The van der Waals surface area contributed by atoms with E-state index in [0.29, 0.717) is 0 Å². The molecule has 0 aromatic heterocycles. The predicted octanol–water partition coefficient (Wildman–Crippen LogP) is 5.80. The fourth-order valence-corrected chi connectivity index (χ4v) is 3.03. The highest BCUT2D eigenvalue weighted by Gasteiger charge is 1.94. The van der Waals surface area contributed by atoms with Gasteiger partial charge in [-0.25, -0.2) is 0 Å². The lowest BCUT2D eigenvalue weighted by molar-refractivity contribution is 0.526. The Labute approximate surface area is 141 Å². The molecule has 0 unspecified atom stereocenters. The zero-order valence-electron chi connectivity index (χ0n) is 15.5. The average Bonchev–Trinajstić information content (AvgIpc) is 2.54. The Hall–Kier alpha value is -0.0800. The molecule has 0 aliphatic heterocycles. The summed E-state index contributed by atoms with van der Waals surface area (Å²) >= 11 is 0. The number of nitrogens with two attached hydrogens (primary N) is 1. The van der Waals surface area contributed by atoms with E-state index in [1.165, 1.54) is 103 Å². The maximum atomic E-state index is 5.44. The molecule has 0 aliphatic rings. The molecule has 134 valence electrons. The van der Waals surface area contributed by atoms with Crippen molar-refractivity contribution in [2.24, 2.45) is 5.73 Å². The molecule has 0 aromatic carbocycles. The van der Waals surface area contributed by atoms with Gasteiger partial charge in [0.05, 0.1) is 0 Å². The van der Waals surface area contributed by atoms with E-state index in [4.69, 9.17) is 5.73 Å². The molecular formula is C20H44N2. The van der Waals surface area contributed by atoms with Crippen molar-refractivity contribution < 1.29 is 0 Å². The van der Waals surface area contributed by atoms with Crippen molar-refractivity contribution in [3.8, 4) is 0 Å². The van der Waals surface area contributed by atoms with Crippen molar-refractivity contribution in [3.63, 3.8) is 0 Å². The number of rotatable bonds is 19. The maximum absolute atomic E-state index is 5.44. The second kappa shape index (κ2) is 20.9. The lowest BCUT2D eigenvalue weighted by Crippen LogP contribution is -2.23. The van der Waals surface area contributed by atoms with Gasteiger partial charge in [-0.05, 0) is 13.0 Å². The van der Waals surface area contributed by atoms with Crippen LogP contribution in [0.1, 0.15) is 110 Å². The summed E-state index contributed by atoms with van der Waals surface area (Å²) in [5, 5.41) is 3.36. The first-order valence-electron chi connectivity index (χ1n) is 10.3. The molecule has 0 radical (unpaired) electrons. The van der Waals surface area contributed by atoms with Gasteiger partial charge in [-0.1, -0.05) is 103 Å². The molecule has 0 saturated heterocycles. The summed E-state index contributed by atoms with van der Waals surface area (Å²) in [5.74, 6) is 0. The number of nitrogens with one attached hydrogen (secondary N) is 1. The third-order valence-electron chi connectivity index (χ3n) is 4.53. The monoisotopic (exact) mass is 312 g/mol. The molecule has 2 heteroatoms. The van der Waals surface area contributed by atoms with E-state index >= 15 is 0 Å². The van der Waals surface area contributed by atoms with Crippen LogP contribution in [-0.2, 0) is 0 Å². The minimum atomic E-state index is 0.763. The van der Waals surface area contributed by atoms with Crippen LogP contribution in [-0.4, -0.2) is 19.6 Å². The van der Waals surface area contributed by atoms with E-state index in [0.717, 1.165) is 19.6 Å². The van der Waals surface area contributed by atoms with Crippen LogP contribution in [0.15, 0.2) is 0 Å². The van der Waals surface area contributed by atoms with E-state index < -0.39 is 0 Å². The minimum absolute atomic E-state index is 0.763. The van der Waals surface area contributed by atoms with E-state index in [9.17, 15) is 0 Å². The summed E-state index contributed by atoms with van der Waals surface area (Å²) in [7, 11) is 0. The Bertz CT molecular complexity index is 163. The third kappa shape index (κ3) is 19.9. The number of hydrogen-bond acceptors (Lipinski definition) is 2. The molecule has 22 heavy (non-hydrogen) atoms. The maximum Gasteiger partial charge on any atom is 0.00745 e. The Kier molecular flexibility index (Phi) is 20.8. The zero-order valence-corrected chi connectivity index (χ0v) is 15.5. The van der Waals surface area contributed by atoms with E-state index in [-0.39, 0.29) is 0 Å². The summed E-state index contributed by atoms with van der Waals surface area (Å²) in [4.78, 5) is 0. The van der Waals surface area contributed by atoms with Crippen LogP contribution >= 0.6 is 0 Å². The summed E-state index contributed by atoms with van der Waals surface area (Å²) in [5.41, 5.74) is 5.44. The summed E-state index contributed by atoms with van der Waals surface area (Å²) in [6, 6.07) is 0. The molecule has 0 saturated carbocycles. The van der Waals surface area contributed by atoms with Gasteiger partial charge in [-0.2, -0.15) is 0 Å². The zero-order chi connectivity index (χ0) is 16.1. The lowest BCUT2D eigenvalue weighted by Gasteiger charge is -2.04. The largest absolute Gasteiger partial charge is 0.329 e. The van der Waals surface area contributed by atoms with Crippen molar-refractivity contribution in [2.45, 2.75) is 110 Å². The fraction of sp³-hybridized carbons (Fsp3) is 1.00. The number of hydrogen-bond donors (Lipinski definition) is 2. The van der Waals surface area contributed by atoms with Gasteiger partial charge < -0.3 is 11.1 Å². The van der Waals surface area contributed by atoms with Crippen molar-refractivity contribution in [2.75, 3.05) is 19.6 Å². The van der Waals surface area contributed by atoms with Gasteiger partial charge in [0.15, 0.2) is 0 Å². The van der Waals surface area contributed by atoms with Gasteiger partial charge in [-0.15, -0.1) is 0 Å². The molecule has 0 atom stereocenters. The third-order valence-corrected chi connectivity index (χ3v) is 4.53. The van der Waals surface area contributed by atoms with Crippen molar-refractivity contribution in [3.05, 3.63) is 0 Å². The highest BCUT2D eigenvalue weighted by atomic mass is 14.9. The van der Waals surface area contributed by atoms with Gasteiger partial charge in [0.25, 0.3) is 0 Å². The highest BCUT2D eigenvalue weighted by molar-refractivity contribution is 4.51. The molecule has 0 heterocycles. The van der Waals surface area contributed by atoms with Crippen molar-refractivity contribution in [1.82, 2.24) is 5.32 Å². The molecule has 2 nitrogen and oxygen atoms in total. The van der Waals surface area contributed by atoms with Crippen LogP contribution < -0.4 is 11.1 Å². The normalized spacial score (nSPS) is 11.2. The predicted molar refractivity (Wildman–Crippen MR) is 101 cm³/mol. The smallest absolute Gasteiger partial charge is 0.00745 e. The standard InChI is InChI=1S/C20H44N2/c1-2-3-4-5-6-7-8-9-10-11-12-13-14-15-16-17-19-22-20-18-21/h22H,2-21H2,1H3. The van der Waals surface area contributed by atoms with Gasteiger partial charge in [-0.3, -0.25) is 0 Å². The lowest BCUT2D eigenvalue weighted by atomic mass is 10.0. The molecule has 0 fully saturated rings. The Morgan fingerprint density at radius 1 is 0.500 bits per heavy atom. The molecule has 3 N–H and O–H groups in total. The summed E-state index contributed by atoms with van der Waals surface area (Å²) in [6.07, 6.45) is 23.0. The van der Waals surface area contributed by atoms with Crippen LogP contribution in [0.4, 0.5) is 0 Å². The second-order valence-corrected chi connectivity index (χ2v) is 6.84. The SMILES string of the molecule is CCCCCCCCCCCCCCCCCCNCCN. The quantitative estimate of drug-likeness (QED) is 0.296. The second-order valence-electron chi connectivity index (χ2n) is 6.84. The number of unbranched alkanes of at least 4 members (excludes halogenated alkanes) is 15. The van der Waals surface area contributed by atoms with Gasteiger partial charge >= 0.3 is 0 Å². The Morgan fingerprint density at radius 2 is 0.864 bits per heavy atom. The van der Waals surface area contributed by atoms with Crippen molar-refractivity contribution in [1.29, 1.82) is 0 Å². The van der Waals surface area contributed by atoms with Crippen molar-refractivity contribution >= 4 is 0 Å². The van der Waals surface area contributed by atoms with Crippen LogP contribution in [0.25, 0.3) is 0 Å². The molecule has 0 spiro atoms. The van der Waals surface area contributed by atoms with Gasteiger partial charge in [0.2, 0.25) is 0 Å². The molecule has 0 amide bonds. The van der Waals surface area contributed by atoms with E-state index in [1.54, 1.807) is 0 Å². The van der Waals surface area contributed by atoms with E-state index in [1.807, 2.05) is 0 Å². The Morgan fingerprint density at radius 3 is 1.23 bits per heavy atom. The fourth-order valence-electron chi connectivity index (χ4n) is 3.03. The first-order valence-corrected chi connectivity index (χ1v) is 10.3.